The molecule has 1 rings (SSSR count). The smallest absolute Gasteiger partial charge is 0.414 e. The van der Waals surface area contributed by atoms with Crippen LogP contribution in [-0.2, 0) is 4.74 Å². The van der Waals surface area contributed by atoms with Gasteiger partial charge in [-0.2, -0.15) is 9.97 Å². The molecule has 0 aliphatic rings. The second-order valence-electron chi connectivity index (χ2n) is 4.10. The van der Waals surface area contributed by atoms with E-state index in [1.807, 2.05) is 0 Å². The summed E-state index contributed by atoms with van der Waals surface area (Å²) in [5, 5.41) is 2.40. The van der Waals surface area contributed by atoms with E-state index in [0.29, 0.717) is 5.82 Å². The molecule has 7 heteroatoms. The molecule has 1 amide bonds. The second kappa shape index (κ2) is 4.61. The molecule has 0 atom stereocenters. The maximum atomic E-state index is 11.4. The van der Waals surface area contributed by atoms with Crippen LogP contribution in [0.2, 0.25) is 5.28 Å². The number of amides is 1. The Labute approximate surface area is 98.4 Å². The molecule has 0 fully saturated rings. The summed E-state index contributed by atoms with van der Waals surface area (Å²) < 4.78 is 5.03. The van der Waals surface area contributed by atoms with E-state index in [0.717, 1.165) is 0 Å². The maximum absolute atomic E-state index is 11.4. The SMILES string of the molecule is Cc1nc(Cl)nc(NC(=O)OC(C)(C)C)n1. The molecular formula is C9H13ClN4O2. The van der Waals surface area contributed by atoms with Crippen LogP contribution in [0.15, 0.2) is 0 Å². The average Bonchev–Trinajstić information content (AvgIpc) is 1.96. The molecule has 0 aliphatic carbocycles. The first-order chi connectivity index (χ1) is 7.26. The molecule has 0 saturated heterocycles. The van der Waals surface area contributed by atoms with Crippen LogP contribution in [0.4, 0.5) is 10.7 Å². The Bertz CT molecular complexity index is 383. The monoisotopic (exact) mass is 244 g/mol. The summed E-state index contributed by atoms with van der Waals surface area (Å²) in [6.07, 6.45) is -0.630. The number of aromatic nitrogens is 3. The quantitative estimate of drug-likeness (QED) is 0.819. The Balaban J connectivity index is 2.70. The minimum atomic E-state index is -0.630. The van der Waals surface area contributed by atoms with E-state index in [9.17, 15) is 4.79 Å². The summed E-state index contributed by atoms with van der Waals surface area (Å²) in [6, 6.07) is 0. The predicted molar refractivity (Wildman–Crippen MR) is 59.4 cm³/mol. The van der Waals surface area contributed by atoms with Gasteiger partial charge in [-0.15, -0.1) is 0 Å². The van der Waals surface area contributed by atoms with E-state index in [-0.39, 0.29) is 11.2 Å². The van der Waals surface area contributed by atoms with Crippen molar-refractivity contribution in [2.45, 2.75) is 33.3 Å². The molecule has 0 aliphatic heterocycles. The van der Waals surface area contributed by atoms with Gasteiger partial charge in [-0.05, 0) is 39.3 Å². The van der Waals surface area contributed by atoms with Crippen LogP contribution >= 0.6 is 11.6 Å². The zero-order chi connectivity index (χ0) is 12.3. The highest BCUT2D eigenvalue weighted by Crippen LogP contribution is 2.10. The zero-order valence-corrected chi connectivity index (χ0v) is 10.3. The summed E-state index contributed by atoms with van der Waals surface area (Å²) in [5.74, 6) is 0.498. The number of anilines is 1. The number of carbonyl (C=O) groups excluding carboxylic acids is 1. The third-order valence-electron chi connectivity index (χ3n) is 1.33. The van der Waals surface area contributed by atoms with E-state index in [1.54, 1.807) is 27.7 Å². The summed E-state index contributed by atoms with van der Waals surface area (Å²) >= 11 is 5.61. The van der Waals surface area contributed by atoms with Gasteiger partial charge < -0.3 is 4.74 Å². The molecule has 0 aromatic carbocycles. The molecule has 6 nitrogen and oxygen atoms in total. The fourth-order valence-electron chi connectivity index (χ4n) is 0.900. The first-order valence-corrected chi connectivity index (χ1v) is 5.02. The van der Waals surface area contributed by atoms with Crippen LogP contribution in [0.25, 0.3) is 0 Å². The number of hydrogen-bond donors (Lipinski definition) is 1. The van der Waals surface area contributed by atoms with E-state index in [4.69, 9.17) is 16.3 Å². The summed E-state index contributed by atoms with van der Waals surface area (Å²) in [5.41, 5.74) is -0.573. The first-order valence-electron chi connectivity index (χ1n) is 4.64. The number of carbonyl (C=O) groups is 1. The zero-order valence-electron chi connectivity index (χ0n) is 9.54. The van der Waals surface area contributed by atoms with Crippen molar-refractivity contribution in [1.82, 2.24) is 15.0 Å². The molecule has 0 bridgehead atoms. The highest BCUT2D eigenvalue weighted by atomic mass is 35.5. The van der Waals surface area contributed by atoms with Gasteiger partial charge in [0.1, 0.15) is 11.4 Å². The second-order valence-corrected chi connectivity index (χ2v) is 4.44. The Morgan fingerprint density at radius 3 is 2.44 bits per heavy atom. The normalized spacial score (nSPS) is 11.1. The number of hydrogen-bond acceptors (Lipinski definition) is 5. The Hall–Kier alpha value is -1.43. The van der Waals surface area contributed by atoms with Crippen molar-refractivity contribution in [3.63, 3.8) is 0 Å². The van der Waals surface area contributed by atoms with Gasteiger partial charge >= 0.3 is 6.09 Å². The predicted octanol–water partition coefficient (Wildman–Crippen LogP) is 2.18. The van der Waals surface area contributed by atoms with Gasteiger partial charge in [-0.3, -0.25) is 5.32 Å². The van der Waals surface area contributed by atoms with Gasteiger partial charge in [0.25, 0.3) is 0 Å². The number of ether oxygens (including phenoxy) is 1. The van der Waals surface area contributed by atoms with E-state index < -0.39 is 11.7 Å². The topological polar surface area (TPSA) is 77.0 Å². The highest BCUT2D eigenvalue weighted by Gasteiger charge is 2.17. The van der Waals surface area contributed by atoms with Crippen molar-refractivity contribution >= 4 is 23.6 Å². The summed E-state index contributed by atoms with van der Waals surface area (Å²) in [7, 11) is 0. The molecular weight excluding hydrogens is 232 g/mol. The lowest BCUT2D eigenvalue weighted by Crippen LogP contribution is -2.28. The van der Waals surface area contributed by atoms with Gasteiger partial charge in [0.2, 0.25) is 11.2 Å². The van der Waals surface area contributed by atoms with Crippen molar-refractivity contribution in [3.8, 4) is 0 Å². The molecule has 1 aromatic heterocycles. The molecule has 0 spiro atoms. The molecule has 0 saturated carbocycles. The average molecular weight is 245 g/mol. The lowest BCUT2D eigenvalue weighted by atomic mass is 10.2. The van der Waals surface area contributed by atoms with Crippen molar-refractivity contribution in [3.05, 3.63) is 11.1 Å². The van der Waals surface area contributed by atoms with Crippen molar-refractivity contribution in [2.24, 2.45) is 0 Å². The van der Waals surface area contributed by atoms with Crippen molar-refractivity contribution < 1.29 is 9.53 Å². The lowest BCUT2D eigenvalue weighted by molar-refractivity contribution is 0.0634. The molecule has 88 valence electrons. The third kappa shape index (κ3) is 4.39. The Kier molecular flexibility index (Phi) is 3.64. The molecule has 16 heavy (non-hydrogen) atoms. The molecule has 1 aromatic rings. The van der Waals surface area contributed by atoms with Crippen molar-refractivity contribution in [1.29, 1.82) is 0 Å². The summed E-state index contributed by atoms with van der Waals surface area (Å²) in [6.45, 7) is 6.93. The fourth-order valence-corrected chi connectivity index (χ4v) is 1.10. The number of aryl methyl sites for hydroxylation is 1. The van der Waals surface area contributed by atoms with E-state index >= 15 is 0 Å². The molecule has 1 heterocycles. The van der Waals surface area contributed by atoms with Crippen LogP contribution in [-0.4, -0.2) is 26.6 Å². The van der Waals surface area contributed by atoms with Crippen LogP contribution in [0.3, 0.4) is 0 Å². The number of nitrogens with one attached hydrogen (secondary N) is 1. The number of nitrogens with zero attached hydrogens (tertiary/aromatic N) is 3. The Morgan fingerprint density at radius 1 is 1.31 bits per heavy atom. The van der Waals surface area contributed by atoms with Crippen LogP contribution in [0.5, 0.6) is 0 Å². The van der Waals surface area contributed by atoms with Gasteiger partial charge in [0, 0.05) is 0 Å². The number of halogens is 1. The largest absolute Gasteiger partial charge is 0.444 e. The van der Waals surface area contributed by atoms with Crippen molar-refractivity contribution in [2.75, 3.05) is 5.32 Å². The fraction of sp³-hybridized carbons (Fsp3) is 0.556. The minimum absolute atomic E-state index is 0.0264. The molecule has 0 unspecified atom stereocenters. The standard InChI is InChI=1S/C9H13ClN4O2/c1-5-11-6(10)13-7(12-5)14-8(15)16-9(2,3)4/h1-4H3,(H,11,12,13,14,15). The van der Waals surface area contributed by atoms with Gasteiger partial charge in [0.05, 0.1) is 0 Å². The van der Waals surface area contributed by atoms with Crippen LogP contribution in [0, 0.1) is 6.92 Å². The summed E-state index contributed by atoms with van der Waals surface area (Å²) in [4.78, 5) is 22.8. The minimum Gasteiger partial charge on any atom is -0.444 e. The van der Waals surface area contributed by atoms with E-state index in [2.05, 4.69) is 20.3 Å². The third-order valence-corrected chi connectivity index (χ3v) is 1.50. The Morgan fingerprint density at radius 2 is 1.94 bits per heavy atom. The molecule has 1 N–H and O–H groups in total. The van der Waals surface area contributed by atoms with Gasteiger partial charge in [-0.1, -0.05) is 0 Å². The highest BCUT2D eigenvalue weighted by molar-refractivity contribution is 6.28. The van der Waals surface area contributed by atoms with Crippen LogP contribution in [0.1, 0.15) is 26.6 Å². The van der Waals surface area contributed by atoms with Gasteiger partial charge in [-0.25, -0.2) is 9.78 Å². The first kappa shape index (κ1) is 12.6. The maximum Gasteiger partial charge on any atom is 0.414 e. The number of rotatable bonds is 1. The molecule has 0 radical (unpaired) electrons. The van der Waals surface area contributed by atoms with Gasteiger partial charge in [0.15, 0.2) is 0 Å². The van der Waals surface area contributed by atoms with E-state index in [1.165, 1.54) is 0 Å². The van der Waals surface area contributed by atoms with Crippen LogP contribution < -0.4 is 5.32 Å². The lowest BCUT2D eigenvalue weighted by Gasteiger charge is -2.19.